The number of carbonyl (C=O) groups is 3. The minimum atomic E-state index is -0.0915. The average molecular weight is 891 g/mol. The van der Waals surface area contributed by atoms with E-state index in [1.165, 1.54) is 57.4 Å². The Labute approximate surface area is 391 Å². The lowest BCUT2D eigenvalue weighted by atomic mass is 9.48. The maximum Gasteiger partial charge on any atom is 0.319 e. The molecule has 10 heteroatoms. The zero-order chi connectivity index (χ0) is 44.0. The fourth-order valence-corrected chi connectivity index (χ4v) is 15.2. The zero-order valence-electron chi connectivity index (χ0n) is 37.9. The van der Waals surface area contributed by atoms with Gasteiger partial charge >= 0.3 is 6.03 Å². The lowest BCUT2D eigenvalue weighted by Gasteiger charge is -2.60. The van der Waals surface area contributed by atoms with Crippen molar-refractivity contribution in [2.75, 3.05) is 19.4 Å². The Morgan fingerprint density at radius 1 is 0.646 bits per heavy atom. The highest BCUT2D eigenvalue weighted by molar-refractivity contribution is 5.90. The first-order valence-electron chi connectivity index (χ1n) is 23.6. The molecule has 2 aromatic rings. The van der Waals surface area contributed by atoms with E-state index < -0.39 is 0 Å². The number of fused-ring (bicyclic) bond motifs is 10. The number of para-hydroxylation sites is 2. The highest BCUT2D eigenvalue weighted by Gasteiger charge is 2.62. The number of likely N-dealkylation sites (N-methyl/N-ethyl adjacent to an activating group) is 2. The molecule has 6 fully saturated rings. The molecule has 6 saturated carbocycles. The Bertz CT molecular complexity index is 2090. The molecule has 0 radical (unpaired) electrons. The SMILES string of the molecule is C.C.C.CN1C(=O)C=C[C@]2(C)[C@H]3CC[C@]4(C)[C@@H](N)CC[C@H]4[C@@H]3CC[C@@H]12.CN1C(=O)C=C[C@]2(C)[C@H]3CC[C@]4(C)[C@@H](NC(=O)Nc5ccccc5)CC[C@H]4[C@@H]3CC[C@@H]12.O=C=Nc1ccccc1. The molecular formula is C55H82N6O4. The van der Waals surface area contributed by atoms with E-state index in [2.05, 4.69) is 55.5 Å². The van der Waals surface area contributed by atoms with Crippen molar-refractivity contribution in [2.45, 2.75) is 151 Å². The van der Waals surface area contributed by atoms with E-state index in [9.17, 15) is 19.2 Å². The summed E-state index contributed by atoms with van der Waals surface area (Å²) in [6.45, 7) is 9.65. The van der Waals surface area contributed by atoms with Crippen LogP contribution in [0.3, 0.4) is 0 Å². The summed E-state index contributed by atoms with van der Waals surface area (Å²) in [6, 6.07) is 19.9. The molecule has 0 bridgehead atoms. The molecule has 2 heterocycles. The number of amides is 4. The van der Waals surface area contributed by atoms with Gasteiger partial charge in [-0.3, -0.25) is 9.59 Å². The van der Waals surface area contributed by atoms with Gasteiger partial charge in [0.1, 0.15) is 0 Å². The van der Waals surface area contributed by atoms with E-state index in [0.29, 0.717) is 47.0 Å². The van der Waals surface area contributed by atoms with Gasteiger partial charge in [-0.25, -0.2) is 9.59 Å². The van der Waals surface area contributed by atoms with Gasteiger partial charge < -0.3 is 26.2 Å². The molecule has 10 rings (SSSR count). The molecule has 2 aromatic carbocycles. The number of nitrogens with one attached hydrogen (secondary N) is 2. The van der Waals surface area contributed by atoms with Gasteiger partial charge in [0.15, 0.2) is 0 Å². The summed E-state index contributed by atoms with van der Waals surface area (Å²) >= 11 is 0. The molecule has 8 aliphatic rings. The first kappa shape index (κ1) is 51.5. The largest absolute Gasteiger partial charge is 0.338 e. The van der Waals surface area contributed by atoms with Crippen molar-refractivity contribution >= 4 is 35.3 Å². The average Bonchev–Trinajstić information content (AvgIpc) is 3.76. The number of carbonyl (C=O) groups excluding carboxylic acids is 4. The van der Waals surface area contributed by atoms with Crippen LogP contribution in [0.4, 0.5) is 16.2 Å². The molecule has 65 heavy (non-hydrogen) atoms. The van der Waals surface area contributed by atoms with Crippen LogP contribution in [0.5, 0.6) is 0 Å². The standard InChI is InChI=1S/C26H35N3O2.C19H30N2O.C7H5NO.3CH4/c1-25-15-13-20-18(9-12-22-26(20,2)16-14-23(30)29(22)3)19(25)10-11-21(25)28-24(31)27-17-7-5-4-6-8-17;1-18-10-8-14-12(13(18)5-6-15(18)20)4-7-16-19(14,2)11-9-17(22)21(16)3;9-6-8-7-4-2-1-3-5-7;;;/h4-8,14,16,18-22H,9-13,15H2,1-3H3,(H2,27,28,31);9,11-16H,4-8,10,20H2,1-3H3;1-5H;3*1H4/t18-,19-,20-,21-,22+,25-,26+;12-,13-,14-,15-,16+,18-,19+;;;;/m00..../s1. The first-order valence-corrected chi connectivity index (χ1v) is 23.6. The van der Waals surface area contributed by atoms with Crippen LogP contribution >= 0.6 is 0 Å². The van der Waals surface area contributed by atoms with E-state index in [1.54, 1.807) is 18.2 Å². The van der Waals surface area contributed by atoms with E-state index in [4.69, 9.17) is 5.73 Å². The van der Waals surface area contributed by atoms with Gasteiger partial charge in [0.2, 0.25) is 17.9 Å². The van der Waals surface area contributed by atoms with E-state index >= 15 is 0 Å². The number of nitrogens with two attached hydrogens (primary N) is 1. The molecule has 2 aliphatic heterocycles. The molecule has 356 valence electrons. The monoisotopic (exact) mass is 891 g/mol. The fraction of sp³-hybridized carbons (Fsp3) is 0.636. The summed E-state index contributed by atoms with van der Waals surface area (Å²) in [6.07, 6.45) is 23.9. The van der Waals surface area contributed by atoms with Crippen LogP contribution in [0, 0.1) is 57.2 Å². The fourth-order valence-electron chi connectivity index (χ4n) is 15.2. The Morgan fingerprint density at radius 2 is 1.12 bits per heavy atom. The number of rotatable bonds is 3. The zero-order valence-corrected chi connectivity index (χ0v) is 37.9. The van der Waals surface area contributed by atoms with Crippen molar-refractivity contribution < 1.29 is 19.2 Å². The van der Waals surface area contributed by atoms with Crippen LogP contribution in [-0.2, 0) is 14.4 Å². The van der Waals surface area contributed by atoms with Crippen molar-refractivity contribution in [1.29, 1.82) is 0 Å². The summed E-state index contributed by atoms with van der Waals surface area (Å²) in [7, 11) is 3.97. The summed E-state index contributed by atoms with van der Waals surface area (Å²) < 4.78 is 0. The first-order chi connectivity index (χ1) is 29.6. The lowest BCUT2D eigenvalue weighted by molar-refractivity contribution is -0.138. The third-order valence-electron chi connectivity index (χ3n) is 18.6. The molecular weight excluding hydrogens is 809 g/mol. The van der Waals surface area contributed by atoms with E-state index in [0.717, 1.165) is 49.1 Å². The maximum atomic E-state index is 12.7. The van der Waals surface area contributed by atoms with Crippen LogP contribution in [0.15, 0.2) is 90.0 Å². The predicted octanol–water partition coefficient (Wildman–Crippen LogP) is 11.3. The van der Waals surface area contributed by atoms with Gasteiger partial charge in [-0.1, -0.05) is 98.5 Å². The lowest BCUT2D eigenvalue weighted by Crippen LogP contribution is -2.60. The van der Waals surface area contributed by atoms with Crippen LogP contribution in [-0.4, -0.2) is 72.0 Å². The summed E-state index contributed by atoms with van der Waals surface area (Å²) in [5, 5.41) is 6.32. The third-order valence-corrected chi connectivity index (χ3v) is 18.6. The predicted molar refractivity (Wildman–Crippen MR) is 265 cm³/mol. The molecule has 14 atom stereocenters. The number of aliphatic imine (C=N–C) groups is 1. The van der Waals surface area contributed by atoms with Crippen LogP contribution < -0.4 is 16.4 Å². The van der Waals surface area contributed by atoms with Gasteiger partial charge in [0, 0.05) is 54.8 Å². The van der Waals surface area contributed by atoms with Crippen LogP contribution in [0.25, 0.3) is 0 Å². The Morgan fingerprint density at radius 3 is 1.65 bits per heavy atom. The van der Waals surface area contributed by atoms with Crippen LogP contribution in [0.1, 0.15) is 127 Å². The van der Waals surface area contributed by atoms with Gasteiger partial charge in [-0.05, 0) is 160 Å². The third kappa shape index (κ3) is 9.16. The molecule has 0 aromatic heterocycles. The minimum Gasteiger partial charge on any atom is -0.338 e. The quantitative estimate of drug-likeness (QED) is 0.208. The highest BCUT2D eigenvalue weighted by atomic mass is 16.2. The molecule has 0 saturated heterocycles. The number of urea groups is 1. The molecule has 0 unspecified atom stereocenters. The summed E-state index contributed by atoms with van der Waals surface area (Å²) in [5.41, 5.74) is 8.72. The number of nitrogens with zero attached hydrogens (tertiary/aromatic N) is 3. The second-order valence-corrected chi connectivity index (χ2v) is 21.1. The van der Waals surface area contributed by atoms with Gasteiger partial charge in [0.05, 0.1) is 5.69 Å². The Kier molecular flexibility index (Phi) is 15.9. The second kappa shape index (κ2) is 20.1. The molecule has 4 amide bonds. The maximum absolute atomic E-state index is 12.7. The van der Waals surface area contributed by atoms with Gasteiger partial charge in [-0.15, -0.1) is 0 Å². The van der Waals surface area contributed by atoms with Gasteiger partial charge in [-0.2, -0.15) is 4.99 Å². The molecule has 6 aliphatic carbocycles. The van der Waals surface area contributed by atoms with Crippen molar-refractivity contribution in [3.63, 3.8) is 0 Å². The molecule has 0 spiro atoms. The molecule has 10 nitrogen and oxygen atoms in total. The van der Waals surface area contributed by atoms with E-state index in [1.807, 2.05) is 78.5 Å². The topological polar surface area (TPSA) is 137 Å². The normalized spacial score (nSPS) is 39.0. The Balaban J connectivity index is 0.000000204. The second-order valence-electron chi connectivity index (χ2n) is 21.1. The van der Waals surface area contributed by atoms with Crippen molar-refractivity contribution in [3.8, 4) is 0 Å². The summed E-state index contributed by atoms with van der Waals surface area (Å²) in [4.78, 5) is 54.1. The van der Waals surface area contributed by atoms with E-state index in [-0.39, 0.29) is 62.4 Å². The smallest absolute Gasteiger partial charge is 0.319 e. The number of hydrogen-bond acceptors (Lipinski definition) is 6. The van der Waals surface area contributed by atoms with Crippen molar-refractivity contribution in [2.24, 2.45) is 67.9 Å². The number of anilines is 1. The van der Waals surface area contributed by atoms with Crippen molar-refractivity contribution in [1.82, 2.24) is 15.1 Å². The highest BCUT2D eigenvalue weighted by Crippen LogP contribution is 2.65. The minimum absolute atomic E-state index is 0. The number of isocyanates is 1. The number of hydrogen-bond donors (Lipinski definition) is 3. The Hall–Kier alpha value is -4.53. The van der Waals surface area contributed by atoms with Crippen molar-refractivity contribution in [3.05, 3.63) is 85.0 Å². The number of benzene rings is 2. The van der Waals surface area contributed by atoms with Crippen LogP contribution in [0.2, 0.25) is 0 Å². The van der Waals surface area contributed by atoms with Gasteiger partial charge in [0.25, 0.3) is 0 Å². The molecule has 4 N–H and O–H groups in total. The summed E-state index contributed by atoms with van der Waals surface area (Å²) in [5.74, 6) is 4.60.